The Labute approximate surface area is 139 Å². The van der Waals surface area contributed by atoms with Gasteiger partial charge < -0.3 is 14.8 Å². The largest absolute Gasteiger partial charge is 0.322 e. The van der Waals surface area contributed by atoms with Crippen molar-refractivity contribution in [2.24, 2.45) is 7.05 Å². The molecule has 5 nitrogen and oxygen atoms in total. The number of hydrogen-bond acceptors (Lipinski definition) is 2. The van der Waals surface area contributed by atoms with Crippen molar-refractivity contribution in [2.75, 3.05) is 11.9 Å². The summed E-state index contributed by atoms with van der Waals surface area (Å²) >= 11 is 0. The number of halogens is 1. The van der Waals surface area contributed by atoms with Crippen LogP contribution in [0.15, 0.2) is 35.3 Å². The zero-order valence-corrected chi connectivity index (χ0v) is 14.0. The highest BCUT2D eigenvalue weighted by Gasteiger charge is 2.30. The molecule has 2 amide bonds. The van der Waals surface area contributed by atoms with E-state index in [-0.39, 0.29) is 29.1 Å². The molecule has 24 heavy (non-hydrogen) atoms. The SMILES string of the molecule is Cc1ccn(C)c(=O)c1NC(=O)N1CCc2cccc(F)c2C1C. The number of urea groups is 1. The molecule has 0 saturated heterocycles. The maximum absolute atomic E-state index is 14.2. The number of aromatic nitrogens is 1. The van der Waals surface area contributed by atoms with Gasteiger partial charge in [0.15, 0.2) is 0 Å². The number of carbonyl (C=O) groups excluding carboxylic acids is 1. The van der Waals surface area contributed by atoms with E-state index in [0.717, 1.165) is 5.56 Å². The highest BCUT2D eigenvalue weighted by Crippen LogP contribution is 2.31. The van der Waals surface area contributed by atoms with E-state index in [0.29, 0.717) is 24.1 Å². The summed E-state index contributed by atoms with van der Waals surface area (Å²) in [7, 11) is 1.63. The lowest BCUT2D eigenvalue weighted by atomic mass is 9.93. The molecule has 3 rings (SSSR count). The second kappa shape index (κ2) is 6.11. The molecule has 0 bridgehead atoms. The van der Waals surface area contributed by atoms with E-state index in [1.165, 1.54) is 10.6 Å². The summed E-state index contributed by atoms with van der Waals surface area (Å²) < 4.78 is 15.6. The van der Waals surface area contributed by atoms with Crippen molar-refractivity contribution in [3.8, 4) is 0 Å². The minimum atomic E-state index is -0.386. The van der Waals surface area contributed by atoms with Crippen LogP contribution in [-0.2, 0) is 13.5 Å². The minimum absolute atomic E-state index is 0.261. The van der Waals surface area contributed by atoms with Crippen LogP contribution in [0.25, 0.3) is 0 Å². The molecule has 2 aromatic rings. The molecule has 0 saturated carbocycles. The quantitative estimate of drug-likeness (QED) is 0.874. The molecule has 126 valence electrons. The molecule has 1 unspecified atom stereocenters. The van der Waals surface area contributed by atoms with Gasteiger partial charge in [-0.2, -0.15) is 0 Å². The van der Waals surface area contributed by atoms with Gasteiger partial charge >= 0.3 is 6.03 Å². The predicted octanol–water partition coefficient (Wildman–Crippen LogP) is 2.98. The van der Waals surface area contributed by atoms with Crippen molar-refractivity contribution in [1.82, 2.24) is 9.47 Å². The van der Waals surface area contributed by atoms with Gasteiger partial charge in [0, 0.05) is 25.4 Å². The smallest absolute Gasteiger partial charge is 0.317 e. The van der Waals surface area contributed by atoms with Crippen LogP contribution < -0.4 is 10.9 Å². The lowest BCUT2D eigenvalue weighted by molar-refractivity contribution is 0.186. The molecule has 1 atom stereocenters. The van der Waals surface area contributed by atoms with Gasteiger partial charge in [-0.05, 0) is 43.5 Å². The average Bonchev–Trinajstić information content (AvgIpc) is 2.55. The summed E-state index contributed by atoms with van der Waals surface area (Å²) in [5, 5.41) is 2.70. The summed E-state index contributed by atoms with van der Waals surface area (Å²) in [6, 6.07) is 5.99. The van der Waals surface area contributed by atoms with Crippen molar-refractivity contribution in [3.63, 3.8) is 0 Å². The first-order chi connectivity index (χ1) is 11.4. The standard InChI is InChI=1S/C18H20FN3O2/c1-11-7-9-21(3)17(23)16(11)20-18(24)22-10-8-13-5-4-6-14(19)15(13)12(22)2/h4-7,9,12H,8,10H2,1-3H3,(H,20,24). The fourth-order valence-electron chi connectivity index (χ4n) is 3.19. The third-order valence-electron chi connectivity index (χ3n) is 4.62. The van der Waals surface area contributed by atoms with Crippen molar-refractivity contribution in [3.05, 3.63) is 63.3 Å². The predicted molar refractivity (Wildman–Crippen MR) is 90.7 cm³/mol. The van der Waals surface area contributed by atoms with Gasteiger partial charge in [-0.1, -0.05) is 12.1 Å². The fraction of sp³-hybridized carbons (Fsp3) is 0.333. The lowest BCUT2D eigenvalue weighted by Crippen LogP contribution is -2.43. The van der Waals surface area contributed by atoms with Crippen molar-refractivity contribution >= 4 is 11.7 Å². The van der Waals surface area contributed by atoms with Gasteiger partial charge in [-0.25, -0.2) is 9.18 Å². The van der Waals surface area contributed by atoms with E-state index < -0.39 is 0 Å². The van der Waals surface area contributed by atoms with E-state index >= 15 is 0 Å². The molecule has 6 heteroatoms. The molecule has 1 aliphatic rings. The summed E-state index contributed by atoms with van der Waals surface area (Å²) in [6.45, 7) is 4.05. The number of carbonyl (C=O) groups is 1. The Hall–Kier alpha value is -2.63. The lowest BCUT2D eigenvalue weighted by Gasteiger charge is -2.35. The summed E-state index contributed by atoms with van der Waals surface area (Å²) in [5.74, 6) is -0.302. The van der Waals surface area contributed by atoms with Gasteiger partial charge in [0.1, 0.15) is 11.5 Å². The second-order valence-electron chi connectivity index (χ2n) is 6.15. The number of amides is 2. The topological polar surface area (TPSA) is 54.3 Å². The molecular formula is C18H20FN3O2. The minimum Gasteiger partial charge on any atom is -0.317 e. The summed E-state index contributed by atoms with van der Waals surface area (Å²) in [5.41, 5.74) is 2.17. The molecule has 0 aliphatic carbocycles. The first-order valence-corrected chi connectivity index (χ1v) is 7.91. The maximum atomic E-state index is 14.2. The van der Waals surface area contributed by atoms with E-state index in [4.69, 9.17) is 0 Å². The first-order valence-electron chi connectivity index (χ1n) is 7.91. The van der Waals surface area contributed by atoms with Crippen LogP contribution in [0, 0.1) is 12.7 Å². The molecular weight excluding hydrogens is 309 g/mol. The molecule has 1 aliphatic heterocycles. The third kappa shape index (κ3) is 2.68. The molecule has 2 heterocycles. The number of hydrogen-bond donors (Lipinski definition) is 1. The van der Waals surface area contributed by atoms with Crippen LogP contribution in [0.3, 0.4) is 0 Å². The van der Waals surface area contributed by atoms with Crippen LogP contribution >= 0.6 is 0 Å². The van der Waals surface area contributed by atoms with E-state index in [9.17, 15) is 14.0 Å². The Balaban J connectivity index is 1.89. The van der Waals surface area contributed by atoms with Gasteiger partial charge in [-0.3, -0.25) is 4.79 Å². The van der Waals surface area contributed by atoms with E-state index in [2.05, 4.69) is 5.32 Å². The van der Waals surface area contributed by atoms with Crippen molar-refractivity contribution in [2.45, 2.75) is 26.3 Å². The highest BCUT2D eigenvalue weighted by molar-refractivity contribution is 5.90. The van der Waals surface area contributed by atoms with Gasteiger partial charge in [0.05, 0.1) is 6.04 Å². The Bertz CT molecular complexity index is 860. The van der Waals surface area contributed by atoms with Gasteiger partial charge in [0.25, 0.3) is 5.56 Å². The molecule has 1 aromatic carbocycles. The second-order valence-corrected chi connectivity index (χ2v) is 6.15. The molecule has 1 N–H and O–H groups in total. The van der Waals surface area contributed by atoms with E-state index in [1.807, 2.05) is 6.07 Å². The first kappa shape index (κ1) is 16.2. The number of benzene rings is 1. The van der Waals surface area contributed by atoms with Crippen LogP contribution in [0.5, 0.6) is 0 Å². The normalized spacial score (nSPS) is 16.7. The monoisotopic (exact) mass is 329 g/mol. The van der Waals surface area contributed by atoms with Crippen LogP contribution in [0.1, 0.15) is 29.7 Å². The fourth-order valence-corrected chi connectivity index (χ4v) is 3.19. The molecule has 0 spiro atoms. The molecule has 1 aromatic heterocycles. The van der Waals surface area contributed by atoms with Gasteiger partial charge in [-0.15, -0.1) is 0 Å². The maximum Gasteiger partial charge on any atom is 0.322 e. The van der Waals surface area contributed by atoms with Crippen LogP contribution in [-0.4, -0.2) is 22.0 Å². The molecule has 0 radical (unpaired) electrons. The van der Waals surface area contributed by atoms with Crippen molar-refractivity contribution < 1.29 is 9.18 Å². The number of nitrogens with one attached hydrogen (secondary N) is 1. The Morgan fingerprint density at radius 3 is 2.83 bits per heavy atom. The van der Waals surface area contributed by atoms with Crippen LogP contribution in [0.4, 0.5) is 14.9 Å². The third-order valence-corrected chi connectivity index (χ3v) is 4.62. The number of nitrogens with zero attached hydrogens (tertiary/aromatic N) is 2. The Morgan fingerprint density at radius 1 is 1.33 bits per heavy atom. The number of fused-ring (bicyclic) bond motifs is 1. The highest BCUT2D eigenvalue weighted by atomic mass is 19.1. The number of anilines is 1. The van der Waals surface area contributed by atoms with Gasteiger partial charge in [0.2, 0.25) is 0 Å². The van der Waals surface area contributed by atoms with Crippen molar-refractivity contribution in [1.29, 1.82) is 0 Å². The number of pyridine rings is 1. The molecule has 0 fully saturated rings. The van der Waals surface area contributed by atoms with Crippen LogP contribution in [0.2, 0.25) is 0 Å². The summed E-state index contributed by atoms with van der Waals surface area (Å²) in [6.07, 6.45) is 2.25. The average molecular weight is 329 g/mol. The Kier molecular flexibility index (Phi) is 4.13. The number of aryl methyl sites for hydroxylation is 2. The zero-order valence-electron chi connectivity index (χ0n) is 14.0. The van der Waals surface area contributed by atoms with E-state index in [1.54, 1.807) is 44.1 Å². The Morgan fingerprint density at radius 2 is 2.08 bits per heavy atom. The zero-order chi connectivity index (χ0) is 17.4. The summed E-state index contributed by atoms with van der Waals surface area (Å²) in [4.78, 5) is 26.4. The number of rotatable bonds is 1.